The molecule has 0 fully saturated rings. The Labute approximate surface area is 125 Å². The lowest BCUT2D eigenvalue weighted by Gasteiger charge is -2.12. The highest BCUT2D eigenvalue weighted by Crippen LogP contribution is 2.31. The van der Waals surface area contributed by atoms with Crippen LogP contribution in [0.1, 0.15) is 12.5 Å². The molecule has 0 aliphatic carbocycles. The molecule has 4 nitrogen and oxygen atoms in total. The average molecular weight is 342 g/mol. The minimum Gasteiger partial charge on any atom is -0.369 e. The fourth-order valence-corrected chi connectivity index (χ4v) is 2.22. The van der Waals surface area contributed by atoms with Crippen molar-refractivity contribution in [2.24, 2.45) is 0 Å². The molecule has 0 spiro atoms. The second kappa shape index (κ2) is 6.21. The van der Waals surface area contributed by atoms with Gasteiger partial charge in [-0.3, -0.25) is 0 Å². The molecule has 1 heterocycles. The number of aromatic nitrogens is 2. The van der Waals surface area contributed by atoms with E-state index < -0.39 is 0 Å². The monoisotopic (exact) mass is 340 g/mol. The van der Waals surface area contributed by atoms with Gasteiger partial charge < -0.3 is 10.6 Å². The number of benzene rings is 1. The first kappa shape index (κ1) is 14.1. The van der Waals surface area contributed by atoms with Crippen molar-refractivity contribution in [2.45, 2.75) is 13.8 Å². The van der Waals surface area contributed by atoms with Crippen molar-refractivity contribution in [3.63, 3.8) is 0 Å². The van der Waals surface area contributed by atoms with Gasteiger partial charge >= 0.3 is 0 Å². The topological polar surface area (TPSA) is 49.8 Å². The van der Waals surface area contributed by atoms with E-state index in [0.29, 0.717) is 10.8 Å². The lowest BCUT2D eigenvalue weighted by molar-refractivity contribution is 1.10. The Morgan fingerprint density at radius 3 is 2.74 bits per heavy atom. The van der Waals surface area contributed by atoms with Gasteiger partial charge in [-0.1, -0.05) is 17.7 Å². The van der Waals surface area contributed by atoms with Crippen LogP contribution in [0.15, 0.2) is 29.0 Å². The van der Waals surface area contributed by atoms with Crippen molar-refractivity contribution in [2.75, 3.05) is 17.2 Å². The lowest BCUT2D eigenvalue weighted by Crippen LogP contribution is -2.04. The molecule has 100 valence electrons. The summed E-state index contributed by atoms with van der Waals surface area (Å²) < 4.78 is 0.787. The summed E-state index contributed by atoms with van der Waals surface area (Å²) in [6.07, 6.45) is 1.51. The zero-order valence-corrected chi connectivity index (χ0v) is 13.0. The molecule has 6 heteroatoms. The van der Waals surface area contributed by atoms with Crippen molar-refractivity contribution in [3.8, 4) is 0 Å². The predicted molar refractivity (Wildman–Crippen MR) is 83.4 cm³/mol. The smallest absolute Gasteiger partial charge is 0.150 e. The van der Waals surface area contributed by atoms with E-state index in [9.17, 15) is 0 Å². The molecule has 2 rings (SSSR count). The summed E-state index contributed by atoms with van der Waals surface area (Å²) in [5, 5.41) is 7.02. The van der Waals surface area contributed by atoms with Crippen LogP contribution in [0.5, 0.6) is 0 Å². The van der Waals surface area contributed by atoms with Crippen molar-refractivity contribution in [1.82, 2.24) is 9.97 Å². The number of halogens is 2. The van der Waals surface area contributed by atoms with E-state index >= 15 is 0 Å². The van der Waals surface area contributed by atoms with Crippen molar-refractivity contribution in [1.29, 1.82) is 0 Å². The van der Waals surface area contributed by atoms with Crippen LogP contribution in [0, 0.1) is 6.92 Å². The molecule has 0 atom stereocenters. The Morgan fingerprint density at radius 2 is 2.00 bits per heavy atom. The van der Waals surface area contributed by atoms with Crippen LogP contribution < -0.4 is 10.6 Å². The number of anilines is 3. The number of hydrogen-bond donors (Lipinski definition) is 2. The lowest BCUT2D eigenvalue weighted by atomic mass is 10.2. The predicted octanol–water partition coefficient (Wildman–Crippen LogP) is 4.38. The second-order valence-corrected chi connectivity index (χ2v) is 5.22. The molecule has 0 saturated heterocycles. The second-order valence-electron chi connectivity index (χ2n) is 4.02. The normalized spacial score (nSPS) is 10.3. The first-order valence-corrected chi connectivity index (χ1v) is 7.06. The Hall–Kier alpha value is -1.33. The summed E-state index contributed by atoms with van der Waals surface area (Å²) in [5.74, 6) is 1.43. The van der Waals surface area contributed by atoms with Crippen LogP contribution in [-0.2, 0) is 0 Å². The van der Waals surface area contributed by atoms with Crippen molar-refractivity contribution < 1.29 is 0 Å². The van der Waals surface area contributed by atoms with Crippen molar-refractivity contribution in [3.05, 3.63) is 39.6 Å². The Bertz CT molecular complexity index is 589. The Kier molecular flexibility index (Phi) is 4.61. The SMILES string of the molecule is CCNc1ncnc(Nc2cc(C)ccc2Cl)c1Br. The average Bonchev–Trinajstić information content (AvgIpc) is 2.39. The highest BCUT2D eigenvalue weighted by atomic mass is 79.9. The van der Waals surface area contributed by atoms with Gasteiger partial charge in [0, 0.05) is 6.54 Å². The minimum atomic E-state index is 0.654. The van der Waals surface area contributed by atoms with Crippen LogP contribution in [0.4, 0.5) is 17.3 Å². The molecule has 0 amide bonds. The number of nitrogens with one attached hydrogen (secondary N) is 2. The van der Waals surface area contributed by atoms with Gasteiger partial charge in [0.25, 0.3) is 0 Å². The quantitative estimate of drug-likeness (QED) is 0.866. The summed E-state index contributed by atoms with van der Waals surface area (Å²) in [6.45, 7) is 4.82. The molecule has 1 aromatic carbocycles. The van der Waals surface area contributed by atoms with Gasteiger partial charge in [-0.25, -0.2) is 9.97 Å². The summed E-state index contributed by atoms with van der Waals surface area (Å²) in [5.41, 5.74) is 1.95. The van der Waals surface area contributed by atoms with Crippen LogP contribution in [0.25, 0.3) is 0 Å². The van der Waals surface area contributed by atoms with Gasteiger partial charge in [-0.05, 0) is 47.5 Å². The highest BCUT2D eigenvalue weighted by molar-refractivity contribution is 9.10. The molecule has 0 aliphatic rings. The summed E-state index contributed by atoms with van der Waals surface area (Å²) in [4.78, 5) is 8.39. The molecule has 2 aromatic rings. The summed E-state index contributed by atoms with van der Waals surface area (Å²) >= 11 is 9.65. The molecule has 0 unspecified atom stereocenters. The van der Waals surface area contributed by atoms with Gasteiger partial charge in [0.05, 0.1) is 10.7 Å². The van der Waals surface area contributed by atoms with Crippen LogP contribution in [0.3, 0.4) is 0 Å². The zero-order valence-electron chi connectivity index (χ0n) is 10.7. The van der Waals surface area contributed by atoms with E-state index in [2.05, 4.69) is 36.5 Å². The minimum absolute atomic E-state index is 0.654. The molecule has 0 radical (unpaired) electrons. The molecular weight excluding hydrogens is 328 g/mol. The molecule has 19 heavy (non-hydrogen) atoms. The number of rotatable bonds is 4. The fourth-order valence-electron chi connectivity index (χ4n) is 1.61. The van der Waals surface area contributed by atoms with Gasteiger partial charge in [-0.15, -0.1) is 0 Å². The molecule has 1 aromatic heterocycles. The third-order valence-electron chi connectivity index (χ3n) is 2.51. The van der Waals surface area contributed by atoms with E-state index in [-0.39, 0.29) is 0 Å². The van der Waals surface area contributed by atoms with Crippen LogP contribution in [-0.4, -0.2) is 16.5 Å². The van der Waals surface area contributed by atoms with Gasteiger partial charge in [0.15, 0.2) is 0 Å². The highest BCUT2D eigenvalue weighted by Gasteiger charge is 2.09. The number of aryl methyl sites for hydroxylation is 1. The third kappa shape index (κ3) is 3.36. The Morgan fingerprint density at radius 1 is 1.26 bits per heavy atom. The van der Waals surface area contributed by atoms with Crippen molar-refractivity contribution >= 4 is 44.9 Å². The molecule has 0 saturated carbocycles. The van der Waals surface area contributed by atoms with E-state index in [1.807, 2.05) is 32.0 Å². The first-order valence-electron chi connectivity index (χ1n) is 5.89. The number of nitrogens with zero attached hydrogens (tertiary/aromatic N) is 2. The molecular formula is C13H14BrClN4. The standard InChI is InChI=1S/C13H14BrClN4/c1-3-16-12-11(14)13(18-7-17-12)19-10-6-8(2)4-5-9(10)15/h4-7H,3H2,1-2H3,(H2,16,17,18,19). The van der Waals surface area contributed by atoms with Gasteiger partial charge in [0.1, 0.15) is 22.4 Å². The van der Waals surface area contributed by atoms with Gasteiger partial charge in [0.2, 0.25) is 0 Å². The maximum absolute atomic E-state index is 6.16. The van der Waals surface area contributed by atoms with E-state index in [1.165, 1.54) is 6.33 Å². The maximum Gasteiger partial charge on any atom is 0.150 e. The third-order valence-corrected chi connectivity index (χ3v) is 3.59. The van der Waals surface area contributed by atoms with E-state index in [4.69, 9.17) is 11.6 Å². The summed E-state index contributed by atoms with van der Waals surface area (Å²) in [6, 6.07) is 5.80. The first-order chi connectivity index (χ1) is 9.11. The Balaban J connectivity index is 2.33. The van der Waals surface area contributed by atoms with Crippen LogP contribution >= 0.6 is 27.5 Å². The number of hydrogen-bond acceptors (Lipinski definition) is 4. The zero-order chi connectivity index (χ0) is 13.8. The fraction of sp³-hybridized carbons (Fsp3) is 0.231. The van der Waals surface area contributed by atoms with Crippen LogP contribution in [0.2, 0.25) is 5.02 Å². The van der Waals surface area contributed by atoms with E-state index in [1.54, 1.807) is 0 Å². The summed E-state index contributed by atoms with van der Waals surface area (Å²) in [7, 11) is 0. The maximum atomic E-state index is 6.16. The molecule has 0 aliphatic heterocycles. The van der Waals surface area contributed by atoms with Gasteiger partial charge in [-0.2, -0.15) is 0 Å². The molecule has 0 bridgehead atoms. The largest absolute Gasteiger partial charge is 0.369 e. The molecule has 2 N–H and O–H groups in total. The van der Waals surface area contributed by atoms with E-state index in [0.717, 1.165) is 28.1 Å².